The standard InChI is InChI=1S/C22H20N2O3S/c1-15-5-3-4-6-19(15)21-24-18(14-28-21)13-23-20(25)12-9-16-7-10-17(11-8-16)22(26)27-2/h3-12,14H,13H2,1-2H3,(H,23,25)/b12-9+. The summed E-state index contributed by atoms with van der Waals surface area (Å²) in [6.45, 7) is 2.42. The zero-order valence-electron chi connectivity index (χ0n) is 15.6. The molecule has 0 aliphatic heterocycles. The number of esters is 1. The molecular formula is C22H20N2O3S. The van der Waals surface area contributed by atoms with Crippen molar-refractivity contribution in [3.63, 3.8) is 0 Å². The van der Waals surface area contributed by atoms with Crippen LogP contribution in [0.2, 0.25) is 0 Å². The fourth-order valence-corrected chi connectivity index (χ4v) is 3.49. The normalized spacial score (nSPS) is 10.8. The summed E-state index contributed by atoms with van der Waals surface area (Å²) in [5.41, 5.74) is 4.40. The molecule has 0 radical (unpaired) electrons. The van der Waals surface area contributed by atoms with E-state index >= 15 is 0 Å². The topological polar surface area (TPSA) is 68.3 Å². The van der Waals surface area contributed by atoms with Gasteiger partial charge in [0.25, 0.3) is 0 Å². The van der Waals surface area contributed by atoms with Gasteiger partial charge in [0.2, 0.25) is 5.91 Å². The minimum Gasteiger partial charge on any atom is -0.465 e. The van der Waals surface area contributed by atoms with E-state index in [0.717, 1.165) is 21.8 Å². The van der Waals surface area contributed by atoms with Crippen LogP contribution in [0.25, 0.3) is 16.6 Å². The summed E-state index contributed by atoms with van der Waals surface area (Å²) in [4.78, 5) is 28.1. The number of carbonyl (C=O) groups excluding carboxylic acids is 2. The molecule has 0 spiro atoms. The van der Waals surface area contributed by atoms with E-state index in [2.05, 4.69) is 28.0 Å². The summed E-state index contributed by atoms with van der Waals surface area (Å²) >= 11 is 1.57. The van der Waals surface area contributed by atoms with Crippen LogP contribution in [0, 0.1) is 6.92 Å². The molecule has 1 amide bonds. The maximum atomic E-state index is 12.0. The van der Waals surface area contributed by atoms with Crippen molar-refractivity contribution < 1.29 is 14.3 Å². The van der Waals surface area contributed by atoms with Gasteiger partial charge in [0.05, 0.1) is 24.9 Å². The minimum atomic E-state index is -0.387. The summed E-state index contributed by atoms with van der Waals surface area (Å²) in [7, 11) is 1.34. The minimum absolute atomic E-state index is 0.206. The molecule has 1 aromatic heterocycles. The first kappa shape index (κ1) is 19.5. The molecular weight excluding hydrogens is 372 g/mol. The predicted octanol–water partition coefficient (Wildman–Crippen LogP) is 4.23. The van der Waals surface area contributed by atoms with Crippen LogP contribution < -0.4 is 5.32 Å². The third-order valence-electron chi connectivity index (χ3n) is 4.13. The molecule has 0 bridgehead atoms. The molecule has 142 valence electrons. The molecule has 1 N–H and O–H groups in total. The van der Waals surface area contributed by atoms with E-state index in [4.69, 9.17) is 0 Å². The Morgan fingerprint density at radius 1 is 1.14 bits per heavy atom. The zero-order chi connectivity index (χ0) is 19.9. The fraction of sp³-hybridized carbons (Fsp3) is 0.136. The van der Waals surface area contributed by atoms with Crippen molar-refractivity contribution >= 4 is 29.3 Å². The number of aromatic nitrogens is 1. The summed E-state index contributed by atoms with van der Waals surface area (Å²) in [6.07, 6.45) is 3.15. The zero-order valence-corrected chi connectivity index (χ0v) is 16.5. The number of hydrogen-bond acceptors (Lipinski definition) is 5. The van der Waals surface area contributed by atoms with E-state index in [1.807, 2.05) is 23.6 Å². The van der Waals surface area contributed by atoms with Crippen LogP contribution in [0.5, 0.6) is 0 Å². The number of carbonyl (C=O) groups is 2. The Morgan fingerprint density at radius 2 is 1.89 bits per heavy atom. The second-order valence-corrected chi connectivity index (χ2v) is 6.98. The highest BCUT2D eigenvalue weighted by Gasteiger charge is 2.07. The van der Waals surface area contributed by atoms with Crippen LogP contribution in [-0.4, -0.2) is 24.0 Å². The van der Waals surface area contributed by atoms with Gasteiger partial charge < -0.3 is 10.1 Å². The summed E-state index contributed by atoms with van der Waals surface area (Å²) in [6, 6.07) is 14.9. The van der Waals surface area contributed by atoms with Crippen LogP contribution in [0.15, 0.2) is 60.0 Å². The summed E-state index contributed by atoms with van der Waals surface area (Å²) < 4.78 is 4.66. The fourth-order valence-electron chi connectivity index (χ4n) is 2.58. The maximum Gasteiger partial charge on any atom is 0.337 e. The van der Waals surface area contributed by atoms with E-state index in [1.54, 1.807) is 41.7 Å². The Balaban J connectivity index is 1.55. The Kier molecular flexibility index (Phi) is 6.34. The molecule has 0 saturated heterocycles. The van der Waals surface area contributed by atoms with Gasteiger partial charge >= 0.3 is 5.97 Å². The molecule has 0 saturated carbocycles. The quantitative estimate of drug-likeness (QED) is 0.503. The maximum absolute atomic E-state index is 12.0. The monoisotopic (exact) mass is 392 g/mol. The number of aryl methyl sites for hydroxylation is 1. The van der Waals surface area contributed by atoms with Gasteiger partial charge in [-0.3, -0.25) is 4.79 Å². The number of methoxy groups -OCH3 is 1. The molecule has 0 fully saturated rings. The van der Waals surface area contributed by atoms with Gasteiger partial charge in [0.15, 0.2) is 0 Å². The first-order chi connectivity index (χ1) is 13.6. The van der Waals surface area contributed by atoms with Gasteiger partial charge in [-0.15, -0.1) is 11.3 Å². The van der Waals surface area contributed by atoms with Crippen molar-refractivity contribution in [2.45, 2.75) is 13.5 Å². The average molecular weight is 392 g/mol. The first-order valence-electron chi connectivity index (χ1n) is 8.71. The molecule has 3 aromatic rings. The first-order valence-corrected chi connectivity index (χ1v) is 9.59. The SMILES string of the molecule is COC(=O)c1ccc(/C=C/C(=O)NCc2csc(-c3ccccc3C)n2)cc1. The van der Waals surface area contributed by atoms with Crippen molar-refractivity contribution in [2.24, 2.45) is 0 Å². The Bertz CT molecular complexity index is 1010. The Morgan fingerprint density at radius 3 is 2.61 bits per heavy atom. The second kappa shape index (κ2) is 9.10. The number of nitrogens with zero attached hydrogens (tertiary/aromatic N) is 1. The molecule has 6 heteroatoms. The number of nitrogens with one attached hydrogen (secondary N) is 1. The Labute approximate surface area is 167 Å². The molecule has 0 aliphatic rings. The highest BCUT2D eigenvalue weighted by Crippen LogP contribution is 2.26. The van der Waals surface area contributed by atoms with Crippen LogP contribution >= 0.6 is 11.3 Å². The van der Waals surface area contributed by atoms with E-state index in [9.17, 15) is 9.59 Å². The van der Waals surface area contributed by atoms with Gasteiger partial charge in [-0.1, -0.05) is 36.4 Å². The predicted molar refractivity (Wildman–Crippen MR) is 111 cm³/mol. The van der Waals surface area contributed by atoms with Crippen molar-refractivity contribution in [1.82, 2.24) is 10.3 Å². The molecule has 28 heavy (non-hydrogen) atoms. The van der Waals surface area contributed by atoms with Gasteiger partial charge in [-0.05, 0) is 36.3 Å². The number of hydrogen-bond donors (Lipinski definition) is 1. The lowest BCUT2D eigenvalue weighted by Crippen LogP contribution is -2.20. The third kappa shape index (κ3) is 4.92. The van der Waals surface area contributed by atoms with E-state index in [-0.39, 0.29) is 11.9 Å². The van der Waals surface area contributed by atoms with Gasteiger partial charge in [-0.25, -0.2) is 9.78 Å². The molecule has 0 aliphatic carbocycles. The van der Waals surface area contributed by atoms with Crippen LogP contribution in [0.4, 0.5) is 0 Å². The number of amides is 1. The van der Waals surface area contributed by atoms with Crippen molar-refractivity contribution in [3.8, 4) is 10.6 Å². The van der Waals surface area contributed by atoms with Gasteiger partial charge in [-0.2, -0.15) is 0 Å². The number of rotatable bonds is 6. The van der Waals surface area contributed by atoms with Crippen molar-refractivity contribution in [3.05, 3.63) is 82.4 Å². The second-order valence-electron chi connectivity index (χ2n) is 6.12. The Hall–Kier alpha value is -3.25. The van der Waals surface area contributed by atoms with E-state index in [1.165, 1.54) is 18.7 Å². The van der Waals surface area contributed by atoms with Gasteiger partial charge in [0, 0.05) is 17.0 Å². The molecule has 2 aromatic carbocycles. The number of thiazole rings is 1. The highest BCUT2D eigenvalue weighted by molar-refractivity contribution is 7.13. The summed E-state index contributed by atoms with van der Waals surface area (Å²) in [5, 5.41) is 5.74. The summed E-state index contributed by atoms with van der Waals surface area (Å²) in [5.74, 6) is -0.593. The van der Waals surface area contributed by atoms with Crippen LogP contribution in [-0.2, 0) is 16.1 Å². The molecule has 5 nitrogen and oxygen atoms in total. The molecule has 3 rings (SSSR count). The molecule has 0 atom stereocenters. The van der Waals surface area contributed by atoms with E-state index < -0.39 is 0 Å². The molecule has 1 heterocycles. The number of ether oxygens (including phenoxy) is 1. The van der Waals surface area contributed by atoms with Crippen molar-refractivity contribution in [2.75, 3.05) is 7.11 Å². The largest absolute Gasteiger partial charge is 0.465 e. The van der Waals surface area contributed by atoms with Gasteiger partial charge in [0.1, 0.15) is 5.01 Å². The smallest absolute Gasteiger partial charge is 0.337 e. The molecule has 0 unspecified atom stereocenters. The lowest BCUT2D eigenvalue weighted by molar-refractivity contribution is -0.116. The lowest BCUT2D eigenvalue weighted by atomic mass is 10.1. The number of benzene rings is 2. The lowest BCUT2D eigenvalue weighted by Gasteiger charge is -2.01. The van der Waals surface area contributed by atoms with Crippen LogP contribution in [0.1, 0.15) is 27.2 Å². The van der Waals surface area contributed by atoms with Crippen molar-refractivity contribution in [1.29, 1.82) is 0 Å². The van der Waals surface area contributed by atoms with Crippen LogP contribution in [0.3, 0.4) is 0 Å². The average Bonchev–Trinajstić information content (AvgIpc) is 3.19. The highest BCUT2D eigenvalue weighted by atomic mass is 32.1. The van der Waals surface area contributed by atoms with E-state index in [0.29, 0.717) is 12.1 Å². The third-order valence-corrected chi connectivity index (χ3v) is 5.05.